The molecule has 21 heavy (non-hydrogen) atoms. The molecule has 116 valence electrons. The fourth-order valence-corrected chi connectivity index (χ4v) is 3.34. The van der Waals surface area contributed by atoms with Gasteiger partial charge in [-0.1, -0.05) is 25.2 Å². The molecule has 1 aromatic heterocycles. The molecule has 1 aliphatic rings. The van der Waals surface area contributed by atoms with Gasteiger partial charge in [-0.3, -0.25) is 10.1 Å². The Morgan fingerprint density at radius 2 is 2.14 bits per heavy atom. The Balaban J connectivity index is 1.79. The van der Waals surface area contributed by atoms with E-state index in [0.29, 0.717) is 30.3 Å². The van der Waals surface area contributed by atoms with Crippen molar-refractivity contribution in [2.45, 2.75) is 45.6 Å². The lowest BCUT2D eigenvalue weighted by atomic mass is 10.1. The maximum Gasteiger partial charge on any atom is 0.321 e. The Kier molecular flexibility index (Phi) is 5.11. The van der Waals surface area contributed by atoms with Crippen LogP contribution in [0.15, 0.2) is 0 Å². The van der Waals surface area contributed by atoms with Gasteiger partial charge in [0.1, 0.15) is 5.01 Å². The average Bonchev–Trinajstić information content (AvgIpc) is 2.98. The number of carbonyl (C=O) groups is 2. The van der Waals surface area contributed by atoms with Crippen molar-refractivity contribution < 1.29 is 14.7 Å². The fourth-order valence-electron chi connectivity index (χ4n) is 2.39. The molecule has 2 amide bonds. The van der Waals surface area contributed by atoms with Crippen molar-refractivity contribution in [2.24, 2.45) is 11.8 Å². The van der Waals surface area contributed by atoms with Crippen molar-refractivity contribution in [1.29, 1.82) is 0 Å². The lowest BCUT2D eigenvalue weighted by Crippen LogP contribution is -2.36. The number of anilines is 1. The van der Waals surface area contributed by atoms with Crippen molar-refractivity contribution in [3.63, 3.8) is 0 Å². The van der Waals surface area contributed by atoms with Gasteiger partial charge < -0.3 is 10.4 Å². The topological polar surface area (TPSA) is 104 Å². The van der Waals surface area contributed by atoms with Crippen molar-refractivity contribution in [1.82, 2.24) is 15.5 Å². The first-order chi connectivity index (χ1) is 9.94. The largest absolute Gasteiger partial charge is 0.481 e. The highest BCUT2D eigenvalue weighted by Gasteiger charge is 2.30. The van der Waals surface area contributed by atoms with Crippen molar-refractivity contribution in [3.05, 3.63) is 5.01 Å². The highest BCUT2D eigenvalue weighted by atomic mass is 32.1. The molecule has 0 aliphatic heterocycles. The summed E-state index contributed by atoms with van der Waals surface area (Å²) in [5.41, 5.74) is 0. The van der Waals surface area contributed by atoms with E-state index in [4.69, 9.17) is 5.11 Å². The third-order valence-corrected chi connectivity index (χ3v) is 4.25. The number of nitrogens with one attached hydrogen (secondary N) is 2. The Labute approximate surface area is 127 Å². The minimum atomic E-state index is -0.790. The van der Waals surface area contributed by atoms with Gasteiger partial charge in [0, 0.05) is 12.5 Å². The van der Waals surface area contributed by atoms with E-state index in [1.807, 2.05) is 0 Å². The molecule has 7 nitrogen and oxygen atoms in total. The number of carbonyl (C=O) groups excluding carboxylic acids is 1. The number of amides is 2. The van der Waals surface area contributed by atoms with Gasteiger partial charge >= 0.3 is 12.0 Å². The molecule has 8 heteroatoms. The second-order valence-corrected chi connectivity index (χ2v) is 6.80. The summed E-state index contributed by atoms with van der Waals surface area (Å²) in [5.74, 6) is -0.650. The summed E-state index contributed by atoms with van der Waals surface area (Å²) in [6, 6.07) is -0.438. The zero-order valence-corrected chi connectivity index (χ0v) is 12.9. The first-order valence-electron chi connectivity index (χ1n) is 7.06. The first kappa shape index (κ1) is 15.7. The normalized spacial score (nSPS) is 21.5. The van der Waals surface area contributed by atoms with Gasteiger partial charge in [-0.25, -0.2) is 4.79 Å². The quantitative estimate of drug-likeness (QED) is 0.772. The van der Waals surface area contributed by atoms with Gasteiger partial charge in [-0.05, 0) is 25.2 Å². The Morgan fingerprint density at radius 3 is 2.76 bits per heavy atom. The second-order valence-electron chi connectivity index (χ2n) is 5.74. The van der Waals surface area contributed by atoms with Gasteiger partial charge in [0.15, 0.2) is 0 Å². The lowest BCUT2D eigenvalue weighted by Gasteiger charge is -2.11. The number of aromatic nitrogens is 2. The molecule has 1 heterocycles. The number of aliphatic carboxylic acids is 1. The molecule has 0 spiro atoms. The van der Waals surface area contributed by atoms with Gasteiger partial charge in [0.05, 0.1) is 5.92 Å². The molecule has 1 aromatic rings. The predicted molar refractivity (Wildman–Crippen MR) is 79.4 cm³/mol. The number of rotatable bonds is 5. The predicted octanol–water partition coefficient (Wildman–Crippen LogP) is 2.11. The first-order valence-corrected chi connectivity index (χ1v) is 7.88. The van der Waals surface area contributed by atoms with Crippen LogP contribution in [0.3, 0.4) is 0 Å². The van der Waals surface area contributed by atoms with Gasteiger partial charge in [0.25, 0.3) is 0 Å². The molecular formula is C13H20N4O3S. The smallest absolute Gasteiger partial charge is 0.321 e. The summed E-state index contributed by atoms with van der Waals surface area (Å²) in [6.45, 7) is 4.19. The van der Waals surface area contributed by atoms with Crippen LogP contribution in [0.5, 0.6) is 0 Å². The molecule has 0 unspecified atom stereocenters. The zero-order chi connectivity index (χ0) is 15.4. The maximum absolute atomic E-state index is 11.8. The minimum Gasteiger partial charge on any atom is -0.481 e. The van der Waals surface area contributed by atoms with E-state index < -0.39 is 5.97 Å². The second kappa shape index (κ2) is 6.84. The number of urea groups is 1. The van der Waals surface area contributed by atoms with Crippen LogP contribution in [0.4, 0.5) is 9.93 Å². The van der Waals surface area contributed by atoms with E-state index in [-0.39, 0.29) is 18.0 Å². The summed E-state index contributed by atoms with van der Waals surface area (Å²) in [6.07, 6.45) is 2.62. The summed E-state index contributed by atoms with van der Waals surface area (Å²) in [7, 11) is 0. The molecule has 0 radical (unpaired) electrons. The van der Waals surface area contributed by atoms with Crippen LogP contribution in [-0.4, -0.2) is 33.3 Å². The van der Waals surface area contributed by atoms with Gasteiger partial charge in [-0.2, -0.15) is 0 Å². The van der Waals surface area contributed by atoms with Crippen LogP contribution in [0.25, 0.3) is 0 Å². The van der Waals surface area contributed by atoms with Crippen LogP contribution < -0.4 is 10.6 Å². The monoisotopic (exact) mass is 312 g/mol. The SMILES string of the molecule is CC(C)Cc1nnc(NC(=O)N[C@H]2CC[C@@H](C(=O)O)C2)s1. The van der Waals surface area contributed by atoms with Crippen molar-refractivity contribution in [3.8, 4) is 0 Å². The molecule has 0 aromatic carbocycles. The molecular weight excluding hydrogens is 292 g/mol. The molecule has 0 bridgehead atoms. The van der Waals surface area contributed by atoms with E-state index in [1.54, 1.807) is 0 Å². The van der Waals surface area contributed by atoms with Crippen LogP contribution in [0.1, 0.15) is 38.1 Å². The maximum atomic E-state index is 11.8. The summed E-state index contributed by atoms with van der Waals surface area (Å²) in [4.78, 5) is 22.7. The number of hydrogen-bond donors (Lipinski definition) is 3. The third-order valence-electron chi connectivity index (χ3n) is 3.39. The van der Waals surface area contributed by atoms with E-state index in [9.17, 15) is 9.59 Å². The molecule has 1 fully saturated rings. The van der Waals surface area contributed by atoms with Crippen LogP contribution >= 0.6 is 11.3 Å². The Bertz CT molecular complexity index is 517. The van der Waals surface area contributed by atoms with E-state index >= 15 is 0 Å². The number of hydrogen-bond acceptors (Lipinski definition) is 5. The number of carboxylic acid groups (broad SMARTS) is 1. The molecule has 1 saturated carbocycles. The molecule has 3 N–H and O–H groups in total. The minimum absolute atomic E-state index is 0.0887. The summed E-state index contributed by atoms with van der Waals surface area (Å²) in [5, 5.41) is 23.7. The Hall–Kier alpha value is -1.70. The highest BCUT2D eigenvalue weighted by Crippen LogP contribution is 2.25. The molecule has 2 atom stereocenters. The van der Waals surface area contributed by atoms with E-state index in [0.717, 1.165) is 11.4 Å². The molecule has 2 rings (SSSR count). The van der Waals surface area contributed by atoms with Crippen LogP contribution in [0.2, 0.25) is 0 Å². The standard InChI is InChI=1S/C13H20N4O3S/c1-7(2)5-10-16-17-13(21-10)15-12(20)14-9-4-3-8(6-9)11(18)19/h7-9H,3-6H2,1-2H3,(H,18,19)(H2,14,15,17,20)/t8-,9+/m1/s1. The molecule has 0 saturated heterocycles. The van der Waals surface area contributed by atoms with Crippen LogP contribution in [0, 0.1) is 11.8 Å². The average molecular weight is 312 g/mol. The number of carboxylic acids is 1. The number of nitrogens with zero attached hydrogens (tertiary/aromatic N) is 2. The highest BCUT2D eigenvalue weighted by molar-refractivity contribution is 7.15. The van der Waals surface area contributed by atoms with Gasteiger partial charge in [0.2, 0.25) is 5.13 Å². The van der Waals surface area contributed by atoms with Crippen molar-refractivity contribution in [2.75, 3.05) is 5.32 Å². The van der Waals surface area contributed by atoms with Gasteiger partial charge in [-0.15, -0.1) is 10.2 Å². The fraction of sp³-hybridized carbons (Fsp3) is 0.692. The van der Waals surface area contributed by atoms with Crippen molar-refractivity contribution >= 4 is 28.5 Å². The van der Waals surface area contributed by atoms with Crippen LogP contribution in [-0.2, 0) is 11.2 Å². The summed E-state index contributed by atoms with van der Waals surface area (Å²) >= 11 is 1.36. The summed E-state index contributed by atoms with van der Waals surface area (Å²) < 4.78 is 0. The van der Waals surface area contributed by atoms with E-state index in [2.05, 4.69) is 34.7 Å². The Morgan fingerprint density at radius 1 is 1.38 bits per heavy atom. The zero-order valence-electron chi connectivity index (χ0n) is 12.1. The lowest BCUT2D eigenvalue weighted by molar-refractivity contribution is -0.141. The molecule has 1 aliphatic carbocycles. The third kappa shape index (κ3) is 4.66. The van der Waals surface area contributed by atoms with E-state index in [1.165, 1.54) is 11.3 Å².